The summed E-state index contributed by atoms with van der Waals surface area (Å²) in [6, 6.07) is 17.8. The van der Waals surface area contributed by atoms with Crippen LogP contribution in [0.4, 0.5) is 0 Å². The number of benzene rings is 2. The highest BCUT2D eigenvalue weighted by Crippen LogP contribution is 2.36. The molecule has 2 aromatic carbocycles. The molecule has 0 aliphatic rings. The second kappa shape index (κ2) is 6.28. The molecule has 0 aliphatic carbocycles. The first-order chi connectivity index (χ1) is 12.3. The fourth-order valence-corrected chi connectivity index (χ4v) is 2.99. The van der Waals surface area contributed by atoms with E-state index in [1.165, 1.54) is 0 Å². The van der Waals surface area contributed by atoms with E-state index in [9.17, 15) is 0 Å². The average molecular weight is 331 g/mol. The van der Waals surface area contributed by atoms with E-state index >= 15 is 0 Å². The van der Waals surface area contributed by atoms with Gasteiger partial charge in [0.2, 0.25) is 0 Å². The van der Waals surface area contributed by atoms with Crippen LogP contribution in [0.2, 0.25) is 0 Å². The van der Waals surface area contributed by atoms with E-state index in [4.69, 9.17) is 9.47 Å². The lowest BCUT2D eigenvalue weighted by Gasteiger charge is -2.09. The van der Waals surface area contributed by atoms with E-state index in [0.717, 1.165) is 39.3 Å². The minimum Gasteiger partial charge on any atom is -0.496 e. The fraction of sp³-hybridized carbons (Fsp3) is 0.100. The molecule has 1 N–H and O–H groups in total. The van der Waals surface area contributed by atoms with Gasteiger partial charge in [-0.2, -0.15) is 5.10 Å². The summed E-state index contributed by atoms with van der Waals surface area (Å²) in [7, 11) is 3.33. The van der Waals surface area contributed by atoms with Gasteiger partial charge < -0.3 is 9.47 Å². The molecule has 25 heavy (non-hydrogen) atoms. The standard InChI is InChI=1S/C20H17N3O2/c1-24-17-9-5-3-7-14(17)13-11-16-19(22-23-20(16)21-12-13)15-8-4-6-10-18(15)25-2/h3-12H,1-2H3,(H,21,22,23). The number of aromatic nitrogens is 3. The van der Waals surface area contributed by atoms with Gasteiger partial charge in [0, 0.05) is 28.3 Å². The van der Waals surface area contributed by atoms with Crippen molar-refractivity contribution in [1.82, 2.24) is 15.2 Å². The minimum atomic E-state index is 0.666. The molecule has 0 saturated heterocycles. The van der Waals surface area contributed by atoms with E-state index in [-0.39, 0.29) is 0 Å². The van der Waals surface area contributed by atoms with Gasteiger partial charge in [0.15, 0.2) is 5.65 Å². The summed E-state index contributed by atoms with van der Waals surface area (Å²) >= 11 is 0. The van der Waals surface area contributed by atoms with Gasteiger partial charge in [-0.25, -0.2) is 4.98 Å². The van der Waals surface area contributed by atoms with Gasteiger partial charge in [0.1, 0.15) is 11.5 Å². The lowest BCUT2D eigenvalue weighted by molar-refractivity contribution is 0.416. The Morgan fingerprint density at radius 3 is 2.20 bits per heavy atom. The molecule has 2 aromatic heterocycles. The first-order valence-electron chi connectivity index (χ1n) is 7.92. The van der Waals surface area contributed by atoms with Crippen molar-refractivity contribution in [3.05, 3.63) is 60.8 Å². The number of aromatic amines is 1. The molecule has 0 fully saturated rings. The molecule has 2 heterocycles. The van der Waals surface area contributed by atoms with Crippen molar-refractivity contribution in [2.24, 2.45) is 0 Å². The summed E-state index contributed by atoms with van der Waals surface area (Å²) in [4.78, 5) is 4.50. The van der Waals surface area contributed by atoms with Crippen LogP contribution in [-0.2, 0) is 0 Å². The second-order valence-corrected chi connectivity index (χ2v) is 5.59. The topological polar surface area (TPSA) is 60.0 Å². The normalized spacial score (nSPS) is 10.8. The zero-order chi connectivity index (χ0) is 17.2. The summed E-state index contributed by atoms with van der Waals surface area (Å²) in [5.74, 6) is 1.60. The molecule has 0 aliphatic heterocycles. The van der Waals surface area contributed by atoms with E-state index < -0.39 is 0 Å². The molecule has 5 nitrogen and oxygen atoms in total. The number of hydrogen-bond donors (Lipinski definition) is 1. The fourth-order valence-electron chi connectivity index (χ4n) is 2.99. The molecule has 0 radical (unpaired) electrons. The molecule has 0 unspecified atom stereocenters. The third kappa shape index (κ3) is 2.59. The third-order valence-corrected chi connectivity index (χ3v) is 4.20. The Kier molecular flexibility index (Phi) is 3.82. The maximum atomic E-state index is 5.48. The van der Waals surface area contributed by atoms with Gasteiger partial charge in [0.05, 0.1) is 19.9 Å². The zero-order valence-corrected chi connectivity index (χ0v) is 14.0. The highest BCUT2D eigenvalue weighted by atomic mass is 16.5. The number of nitrogens with one attached hydrogen (secondary N) is 1. The maximum absolute atomic E-state index is 5.48. The maximum Gasteiger partial charge on any atom is 0.181 e. The first kappa shape index (κ1) is 15.2. The SMILES string of the molecule is COc1ccccc1-c1cnc2n[nH]c(-c3ccccc3OC)c2c1. The Labute approximate surface area is 145 Å². The predicted octanol–water partition coefficient (Wildman–Crippen LogP) is 4.31. The zero-order valence-electron chi connectivity index (χ0n) is 14.0. The second-order valence-electron chi connectivity index (χ2n) is 5.59. The minimum absolute atomic E-state index is 0.666. The van der Waals surface area contributed by atoms with Gasteiger partial charge in [-0.3, -0.25) is 5.10 Å². The van der Waals surface area contributed by atoms with Gasteiger partial charge in [-0.1, -0.05) is 30.3 Å². The van der Waals surface area contributed by atoms with Crippen LogP contribution in [0.3, 0.4) is 0 Å². The largest absolute Gasteiger partial charge is 0.496 e. The molecular weight excluding hydrogens is 314 g/mol. The van der Waals surface area contributed by atoms with Crippen LogP contribution in [0.15, 0.2) is 60.8 Å². The van der Waals surface area contributed by atoms with Crippen LogP contribution in [-0.4, -0.2) is 29.4 Å². The van der Waals surface area contributed by atoms with Crippen molar-refractivity contribution in [3.63, 3.8) is 0 Å². The Bertz CT molecular complexity index is 1040. The number of hydrogen-bond acceptors (Lipinski definition) is 4. The summed E-state index contributed by atoms with van der Waals surface area (Å²) in [6.07, 6.45) is 1.81. The van der Waals surface area contributed by atoms with Crippen LogP contribution in [0.25, 0.3) is 33.4 Å². The predicted molar refractivity (Wildman–Crippen MR) is 97.9 cm³/mol. The molecule has 0 spiro atoms. The molecule has 4 rings (SSSR count). The van der Waals surface area contributed by atoms with E-state index in [2.05, 4.69) is 21.2 Å². The summed E-state index contributed by atoms with van der Waals surface area (Å²) in [6.45, 7) is 0. The average Bonchev–Trinajstić information content (AvgIpc) is 3.10. The molecular formula is C20H17N3O2. The lowest BCUT2D eigenvalue weighted by atomic mass is 10.0. The number of H-pyrrole nitrogens is 1. The van der Waals surface area contributed by atoms with Crippen molar-refractivity contribution in [2.75, 3.05) is 14.2 Å². The highest BCUT2D eigenvalue weighted by Gasteiger charge is 2.14. The number of rotatable bonds is 4. The van der Waals surface area contributed by atoms with E-state index in [1.54, 1.807) is 14.2 Å². The molecule has 4 aromatic rings. The van der Waals surface area contributed by atoms with Crippen LogP contribution < -0.4 is 9.47 Å². The van der Waals surface area contributed by atoms with Crippen molar-refractivity contribution in [3.8, 4) is 33.9 Å². The number of fused-ring (bicyclic) bond motifs is 1. The lowest BCUT2D eigenvalue weighted by Crippen LogP contribution is -1.89. The Morgan fingerprint density at radius 1 is 0.840 bits per heavy atom. The number of methoxy groups -OCH3 is 2. The molecule has 0 amide bonds. The van der Waals surface area contributed by atoms with Gasteiger partial charge in [0.25, 0.3) is 0 Å². The van der Waals surface area contributed by atoms with Crippen LogP contribution in [0, 0.1) is 0 Å². The molecule has 0 bridgehead atoms. The number of pyridine rings is 1. The summed E-state index contributed by atoms with van der Waals surface area (Å²) in [5.41, 5.74) is 4.47. The Balaban J connectivity index is 1.92. The number of ether oxygens (including phenoxy) is 2. The third-order valence-electron chi connectivity index (χ3n) is 4.20. The van der Waals surface area contributed by atoms with Gasteiger partial charge in [-0.15, -0.1) is 0 Å². The molecule has 124 valence electrons. The van der Waals surface area contributed by atoms with E-state index in [0.29, 0.717) is 5.65 Å². The smallest absolute Gasteiger partial charge is 0.181 e. The molecule has 0 atom stereocenters. The van der Waals surface area contributed by atoms with Gasteiger partial charge >= 0.3 is 0 Å². The summed E-state index contributed by atoms with van der Waals surface area (Å²) < 4.78 is 11.0. The molecule has 0 saturated carbocycles. The van der Waals surface area contributed by atoms with E-state index in [1.807, 2.05) is 54.7 Å². The van der Waals surface area contributed by atoms with Crippen LogP contribution in [0.5, 0.6) is 11.5 Å². The monoisotopic (exact) mass is 331 g/mol. The summed E-state index contributed by atoms with van der Waals surface area (Å²) in [5, 5.41) is 8.35. The van der Waals surface area contributed by atoms with Crippen LogP contribution >= 0.6 is 0 Å². The molecule has 5 heteroatoms. The van der Waals surface area contributed by atoms with Crippen LogP contribution in [0.1, 0.15) is 0 Å². The van der Waals surface area contributed by atoms with Crippen molar-refractivity contribution >= 4 is 11.0 Å². The highest BCUT2D eigenvalue weighted by molar-refractivity contribution is 5.95. The Morgan fingerprint density at radius 2 is 1.48 bits per heavy atom. The van der Waals surface area contributed by atoms with Crippen molar-refractivity contribution in [2.45, 2.75) is 0 Å². The first-order valence-corrected chi connectivity index (χ1v) is 7.92. The van der Waals surface area contributed by atoms with Crippen molar-refractivity contribution in [1.29, 1.82) is 0 Å². The number of para-hydroxylation sites is 2. The van der Waals surface area contributed by atoms with Crippen molar-refractivity contribution < 1.29 is 9.47 Å². The number of nitrogens with zero attached hydrogens (tertiary/aromatic N) is 2. The Hall–Kier alpha value is -3.34. The van der Waals surface area contributed by atoms with Gasteiger partial charge in [-0.05, 0) is 24.3 Å². The quantitative estimate of drug-likeness (QED) is 0.605.